The second-order valence-electron chi connectivity index (χ2n) is 20.9. The Morgan fingerprint density at radius 2 is 0.481 bits per heavy atom. The van der Waals surface area contributed by atoms with E-state index in [0.29, 0.717) is 19.3 Å². The van der Waals surface area contributed by atoms with E-state index in [0.717, 1.165) is 161 Å². The van der Waals surface area contributed by atoms with Crippen LogP contribution in [0, 0.1) is 0 Å². The maximum Gasteiger partial charge on any atom is 0.306 e. The van der Waals surface area contributed by atoms with Gasteiger partial charge in [0.25, 0.3) is 0 Å². The van der Waals surface area contributed by atoms with Gasteiger partial charge in [0.15, 0.2) is 6.10 Å². The van der Waals surface area contributed by atoms with Crippen LogP contribution in [0.1, 0.15) is 265 Å². The first-order chi connectivity index (χ1) is 40.0. The summed E-state index contributed by atoms with van der Waals surface area (Å²) >= 11 is 0. The van der Waals surface area contributed by atoms with Crippen molar-refractivity contribution < 1.29 is 28.6 Å². The number of ether oxygens (including phenoxy) is 3. The molecule has 0 aromatic heterocycles. The Labute approximate surface area is 498 Å². The minimum Gasteiger partial charge on any atom is -0.462 e. The molecule has 0 saturated heterocycles. The highest BCUT2D eigenvalue weighted by atomic mass is 16.6. The minimum atomic E-state index is -0.802. The van der Waals surface area contributed by atoms with Crippen molar-refractivity contribution in [3.63, 3.8) is 0 Å². The average molecular weight is 1120 g/mol. The molecule has 0 saturated carbocycles. The van der Waals surface area contributed by atoms with Gasteiger partial charge in [-0.15, -0.1) is 0 Å². The van der Waals surface area contributed by atoms with Crippen molar-refractivity contribution in [3.05, 3.63) is 170 Å². The Morgan fingerprint density at radius 1 is 0.259 bits per heavy atom. The van der Waals surface area contributed by atoms with Crippen LogP contribution in [0.15, 0.2) is 170 Å². The van der Waals surface area contributed by atoms with Gasteiger partial charge in [0.1, 0.15) is 13.2 Å². The normalized spacial score (nSPS) is 13.3. The Morgan fingerprint density at radius 3 is 0.765 bits per heavy atom. The molecule has 0 amide bonds. The second kappa shape index (κ2) is 67.3. The molecule has 0 aliphatic carbocycles. The van der Waals surface area contributed by atoms with Gasteiger partial charge >= 0.3 is 17.9 Å². The molecule has 0 N–H and O–H groups in total. The lowest BCUT2D eigenvalue weighted by Crippen LogP contribution is -2.30. The molecule has 1 unspecified atom stereocenters. The Bertz CT molecular complexity index is 1860. The molecule has 0 rings (SSSR count). The van der Waals surface area contributed by atoms with Gasteiger partial charge in [-0.1, -0.05) is 281 Å². The first kappa shape index (κ1) is 75.8. The van der Waals surface area contributed by atoms with Crippen LogP contribution in [0.25, 0.3) is 0 Å². The third kappa shape index (κ3) is 65.5. The molecular formula is C75H118O6. The molecular weight excluding hydrogens is 997 g/mol. The Kier molecular flexibility index (Phi) is 62.9. The number of carbonyl (C=O) groups is 3. The molecule has 0 radical (unpaired) electrons. The van der Waals surface area contributed by atoms with Crippen LogP contribution in [-0.4, -0.2) is 37.2 Å². The summed E-state index contributed by atoms with van der Waals surface area (Å²) < 4.78 is 16.8. The monoisotopic (exact) mass is 1110 g/mol. The molecule has 0 aliphatic rings. The summed E-state index contributed by atoms with van der Waals surface area (Å²) in [5.41, 5.74) is 0. The molecule has 6 heteroatoms. The molecule has 6 nitrogen and oxygen atoms in total. The van der Waals surface area contributed by atoms with Crippen LogP contribution in [0.5, 0.6) is 0 Å². The van der Waals surface area contributed by atoms with Gasteiger partial charge in [0, 0.05) is 19.3 Å². The summed E-state index contributed by atoms with van der Waals surface area (Å²) in [6.45, 7) is 6.33. The van der Waals surface area contributed by atoms with E-state index in [1.54, 1.807) is 0 Å². The van der Waals surface area contributed by atoms with Crippen molar-refractivity contribution in [2.45, 2.75) is 271 Å². The van der Waals surface area contributed by atoms with E-state index in [2.05, 4.69) is 191 Å². The van der Waals surface area contributed by atoms with Crippen molar-refractivity contribution in [2.24, 2.45) is 0 Å². The van der Waals surface area contributed by atoms with E-state index in [1.807, 2.05) is 0 Å². The summed E-state index contributed by atoms with van der Waals surface area (Å²) in [6, 6.07) is 0. The van der Waals surface area contributed by atoms with Crippen LogP contribution in [0.3, 0.4) is 0 Å². The second-order valence-corrected chi connectivity index (χ2v) is 20.9. The van der Waals surface area contributed by atoms with Crippen LogP contribution in [0.2, 0.25) is 0 Å². The molecule has 0 aromatic carbocycles. The number of rotatable bonds is 57. The van der Waals surface area contributed by atoms with Crippen LogP contribution in [-0.2, 0) is 28.6 Å². The molecule has 0 heterocycles. The standard InChI is InChI=1S/C75H118O6/c1-4-7-10-13-16-18-20-22-24-26-28-30-32-34-35-36-37-38-39-41-42-44-46-48-50-52-54-56-59-62-65-68-74(77)80-71-72(70-79-73(76)67-64-61-58-15-12-9-6-3)81-75(78)69-66-63-60-57-55-53-51-49-47-45-43-40-33-31-29-27-25-23-21-19-17-14-11-8-5-2/h7-8,10-11,16-19,22-25,28-31,34-35,37-38,40-43,46,48,52,54,72H,4-6,9,12-15,20-21,26-27,32-33,36,39,44-45,47,49-51,53,55-71H2,1-3H3/b10-7-,11-8-,18-16-,19-17-,24-22-,25-23-,30-28-,31-29-,35-34-,38-37-,42-41-,43-40-,48-46-,54-52-. The van der Waals surface area contributed by atoms with Crippen molar-refractivity contribution in [1.29, 1.82) is 0 Å². The van der Waals surface area contributed by atoms with E-state index in [9.17, 15) is 14.4 Å². The van der Waals surface area contributed by atoms with E-state index in [1.165, 1.54) is 64.2 Å². The number of esters is 3. The summed E-state index contributed by atoms with van der Waals surface area (Å²) in [4.78, 5) is 38.1. The topological polar surface area (TPSA) is 78.9 Å². The lowest BCUT2D eigenvalue weighted by Gasteiger charge is -2.18. The molecule has 81 heavy (non-hydrogen) atoms. The van der Waals surface area contributed by atoms with Gasteiger partial charge in [-0.2, -0.15) is 0 Å². The fourth-order valence-corrected chi connectivity index (χ4v) is 8.40. The first-order valence-electron chi connectivity index (χ1n) is 32.6. The molecule has 0 aromatic rings. The minimum absolute atomic E-state index is 0.0973. The third-order valence-corrected chi connectivity index (χ3v) is 13.2. The van der Waals surface area contributed by atoms with Gasteiger partial charge in [0.2, 0.25) is 0 Å². The number of allylic oxidation sites excluding steroid dienone is 28. The number of unbranched alkanes of at least 4 members (excludes halogenated alkanes) is 18. The lowest BCUT2D eigenvalue weighted by atomic mass is 10.1. The zero-order chi connectivity index (χ0) is 58.5. The molecule has 0 aliphatic heterocycles. The summed E-state index contributed by atoms with van der Waals surface area (Å²) in [6.07, 6.45) is 99.5. The highest BCUT2D eigenvalue weighted by Crippen LogP contribution is 2.14. The lowest BCUT2D eigenvalue weighted by molar-refractivity contribution is -0.167. The van der Waals surface area contributed by atoms with Crippen LogP contribution >= 0.6 is 0 Å². The fraction of sp³-hybridized carbons (Fsp3) is 0.587. The van der Waals surface area contributed by atoms with Gasteiger partial charge in [-0.05, 0) is 135 Å². The molecule has 0 bridgehead atoms. The smallest absolute Gasteiger partial charge is 0.306 e. The van der Waals surface area contributed by atoms with E-state index in [4.69, 9.17) is 14.2 Å². The zero-order valence-corrected chi connectivity index (χ0v) is 52.0. The van der Waals surface area contributed by atoms with Gasteiger partial charge in [-0.3, -0.25) is 14.4 Å². The summed E-state index contributed by atoms with van der Waals surface area (Å²) in [7, 11) is 0. The van der Waals surface area contributed by atoms with Gasteiger partial charge < -0.3 is 14.2 Å². The largest absolute Gasteiger partial charge is 0.462 e. The Hall–Kier alpha value is -5.23. The van der Waals surface area contributed by atoms with Crippen LogP contribution in [0.4, 0.5) is 0 Å². The Balaban J connectivity index is 4.27. The maximum absolute atomic E-state index is 12.9. The highest BCUT2D eigenvalue weighted by molar-refractivity contribution is 5.71. The maximum atomic E-state index is 12.9. The predicted molar refractivity (Wildman–Crippen MR) is 352 cm³/mol. The zero-order valence-electron chi connectivity index (χ0n) is 52.0. The fourth-order valence-electron chi connectivity index (χ4n) is 8.40. The van der Waals surface area contributed by atoms with Crippen molar-refractivity contribution in [2.75, 3.05) is 13.2 Å². The number of hydrogen-bond donors (Lipinski definition) is 0. The summed E-state index contributed by atoms with van der Waals surface area (Å²) in [5, 5.41) is 0. The van der Waals surface area contributed by atoms with Gasteiger partial charge in [0.05, 0.1) is 0 Å². The average Bonchev–Trinajstić information content (AvgIpc) is 3.46. The first-order valence-corrected chi connectivity index (χ1v) is 32.6. The van der Waals surface area contributed by atoms with E-state index in [-0.39, 0.29) is 31.1 Å². The van der Waals surface area contributed by atoms with Gasteiger partial charge in [-0.25, -0.2) is 0 Å². The van der Waals surface area contributed by atoms with Crippen LogP contribution < -0.4 is 0 Å². The molecule has 0 fully saturated rings. The SMILES string of the molecule is CC/C=C\C/C=C\C/C=C\C/C=C\C/C=C\C/C=C\C/C=C\C/C=C\C/C=C\CCCCCC(=O)OCC(COC(=O)CCCCCCCCC)OC(=O)CCCCCCCCCCC/C=C\C/C=C\C/C=C\C/C=C\C/C=C\CC. The van der Waals surface area contributed by atoms with Crippen molar-refractivity contribution >= 4 is 17.9 Å². The van der Waals surface area contributed by atoms with Crippen molar-refractivity contribution in [1.82, 2.24) is 0 Å². The summed E-state index contributed by atoms with van der Waals surface area (Å²) in [5.74, 6) is -0.950. The number of hydrogen-bond acceptors (Lipinski definition) is 6. The highest BCUT2D eigenvalue weighted by Gasteiger charge is 2.19. The molecule has 0 spiro atoms. The molecule has 1 atom stereocenters. The van der Waals surface area contributed by atoms with Crippen molar-refractivity contribution in [3.8, 4) is 0 Å². The molecule has 454 valence electrons. The number of carbonyl (C=O) groups excluding carboxylic acids is 3. The van der Waals surface area contributed by atoms with E-state index < -0.39 is 6.10 Å². The quantitative estimate of drug-likeness (QED) is 0.0261. The third-order valence-electron chi connectivity index (χ3n) is 13.2. The predicted octanol–water partition coefficient (Wildman–Crippen LogP) is 22.7. The van der Waals surface area contributed by atoms with E-state index >= 15 is 0 Å².